The molecule has 1 N–H and O–H groups in total. The van der Waals surface area contributed by atoms with Crippen LogP contribution in [0, 0.1) is 12.8 Å². The van der Waals surface area contributed by atoms with E-state index >= 15 is 0 Å². The number of piperidine rings is 1. The summed E-state index contributed by atoms with van der Waals surface area (Å²) in [6.07, 6.45) is 3.11. The summed E-state index contributed by atoms with van der Waals surface area (Å²) in [6, 6.07) is 9.40. The van der Waals surface area contributed by atoms with Crippen LogP contribution in [0.1, 0.15) is 39.5 Å². The molecule has 3 heterocycles. The van der Waals surface area contributed by atoms with Gasteiger partial charge in [0.1, 0.15) is 16.9 Å². The quantitative estimate of drug-likeness (QED) is 0.766. The molecule has 0 spiro atoms. The molecular weight excluding hydrogens is 346 g/mol. The summed E-state index contributed by atoms with van der Waals surface area (Å²) in [5.41, 5.74) is 1.19. The molecule has 1 fully saturated rings. The molecule has 0 unspecified atom stereocenters. The largest absolute Gasteiger partial charge is 0.451 e. The molecule has 0 bridgehead atoms. The molecule has 7 nitrogen and oxygen atoms in total. The fraction of sp³-hybridized carbons (Fsp3) is 0.350. The Morgan fingerprint density at radius 3 is 2.74 bits per heavy atom. The van der Waals surface area contributed by atoms with Crippen LogP contribution in [0.4, 0.5) is 0 Å². The van der Waals surface area contributed by atoms with Crippen molar-refractivity contribution in [3.63, 3.8) is 0 Å². The number of benzene rings is 1. The van der Waals surface area contributed by atoms with E-state index in [4.69, 9.17) is 8.94 Å². The van der Waals surface area contributed by atoms with E-state index in [0.717, 1.165) is 23.8 Å². The van der Waals surface area contributed by atoms with Crippen LogP contribution in [0.5, 0.6) is 0 Å². The molecule has 1 aliphatic rings. The first kappa shape index (κ1) is 17.3. The molecule has 0 saturated carbocycles. The lowest BCUT2D eigenvalue weighted by molar-refractivity contribution is 0.0655. The number of furan rings is 1. The molecule has 1 aliphatic heterocycles. The van der Waals surface area contributed by atoms with Gasteiger partial charge in [-0.3, -0.25) is 9.59 Å². The van der Waals surface area contributed by atoms with Crippen molar-refractivity contribution >= 4 is 22.8 Å². The van der Waals surface area contributed by atoms with Gasteiger partial charge in [0.05, 0.1) is 6.20 Å². The highest BCUT2D eigenvalue weighted by molar-refractivity contribution is 5.96. The second-order valence-corrected chi connectivity index (χ2v) is 6.89. The maximum Gasteiger partial charge on any atom is 0.289 e. The lowest BCUT2D eigenvalue weighted by Gasteiger charge is -2.31. The number of para-hydroxylation sites is 1. The van der Waals surface area contributed by atoms with E-state index in [1.807, 2.05) is 29.2 Å². The highest BCUT2D eigenvalue weighted by Crippen LogP contribution is 2.23. The van der Waals surface area contributed by atoms with Gasteiger partial charge in [-0.1, -0.05) is 23.4 Å². The smallest absolute Gasteiger partial charge is 0.289 e. The SMILES string of the molecule is Cc1oncc1C(=O)NCC1CCN(C(=O)c2cc3ccccc3o2)CC1. The molecule has 0 radical (unpaired) electrons. The third-order valence-corrected chi connectivity index (χ3v) is 5.08. The van der Waals surface area contributed by atoms with Crippen molar-refractivity contribution < 1.29 is 18.5 Å². The summed E-state index contributed by atoms with van der Waals surface area (Å²) in [5.74, 6) is 0.988. The first-order chi connectivity index (χ1) is 13.1. The fourth-order valence-corrected chi connectivity index (χ4v) is 3.43. The Hall–Kier alpha value is -3.09. The van der Waals surface area contributed by atoms with Gasteiger partial charge in [-0.25, -0.2) is 0 Å². The van der Waals surface area contributed by atoms with E-state index in [2.05, 4.69) is 10.5 Å². The first-order valence-electron chi connectivity index (χ1n) is 9.09. The van der Waals surface area contributed by atoms with Gasteiger partial charge in [-0.2, -0.15) is 0 Å². The molecule has 140 valence electrons. The number of likely N-dealkylation sites (tertiary alicyclic amines) is 1. The van der Waals surface area contributed by atoms with Gasteiger partial charge in [0.15, 0.2) is 5.76 Å². The van der Waals surface area contributed by atoms with Crippen LogP contribution < -0.4 is 5.32 Å². The summed E-state index contributed by atoms with van der Waals surface area (Å²) in [4.78, 5) is 26.6. The van der Waals surface area contributed by atoms with Crippen LogP contribution in [-0.4, -0.2) is 41.5 Å². The number of rotatable bonds is 4. The molecule has 0 atom stereocenters. The minimum atomic E-state index is -0.172. The maximum absolute atomic E-state index is 12.7. The van der Waals surface area contributed by atoms with Gasteiger partial charge in [0.25, 0.3) is 11.8 Å². The average molecular weight is 367 g/mol. The standard InChI is InChI=1S/C20H21N3O4/c1-13-16(12-22-27-13)19(24)21-11-14-6-8-23(9-7-14)20(25)18-10-15-4-2-3-5-17(15)26-18/h2-5,10,12,14H,6-9,11H2,1H3,(H,21,24). The number of aromatic nitrogens is 1. The van der Waals surface area contributed by atoms with Crippen LogP contribution >= 0.6 is 0 Å². The van der Waals surface area contributed by atoms with E-state index < -0.39 is 0 Å². The van der Waals surface area contributed by atoms with Crippen LogP contribution in [0.15, 0.2) is 45.5 Å². The number of nitrogens with one attached hydrogen (secondary N) is 1. The Morgan fingerprint density at radius 1 is 1.26 bits per heavy atom. The van der Waals surface area contributed by atoms with E-state index in [1.54, 1.807) is 13.0 Å². The molecule has 2 amide bonds. The number of carbonyl (C=O) groups is 2. The minimum Gasteiger partial charge on any atom is -0.451 e. The third kappa shape index (κ3) is 3.58. The summed E-state index contributed by atoms with van der Waals surface area (Å²) >= 11 is 0. The second kappa shape index (κ2) is 7.26. The van der Waals surface area contributed by atoms with E-state index in [0.29, 0.717) is 42.6 Å². The van der Waals surface area contributed by atoms with Gasteiger partial charge in [0, 0.05) is 25.0 Å². The molecular formula is C20H21N3O4. The van der Waals surface area contributed by atoms with Crippen molar-refractivity contribution in [3.05, 3.63) is 53.6 Å². The van der Waals surface area contributed by atoms with Gasteiger partial charge in [0.2, 0.25) is 0 Å². The lowest BCUT2D eigenvalue weighted by Crippen LogP contribution is -2.41. The number of fused-ring (bicyclic) bond motifs is 1. The van der Waals surface area contributed by atoms with Crippen molar-refractivity contribution in [2.75, 3.05) is 19.6 Å². The Labute approximate surface area is 156 Å². The third-order valence-electron chi connectivity index (χ3n) is 5.08. The Balaban J connectivity index is 1.30. The van der Waals surface area contributed by atoms with Crippen molar-refractivity contribution in [1.82, 2.24) is 15.4 Å². The van der Waals surface area contributed by atoms with E-state index in [-0.39, 0.29) is 11.8 Å². The highest BCUT2D eigenvalue weighted by Gasteiger charge is 2.26. The number of hydrogen-bond acceptors (Lipinski definition) is 5. The zero-order valence-corrected chi connectivity index (χ0v) is 15.1. The average Bonchev–Trinajstić information content (AvgIpc) is 3.32. The van der Waals surface area contributed by atoms with Crippen LogP contribution in [-0.2, 0) is 0 Å². The summed E-state index contributed by atoms with van der Waals surface area (Å²) < 4.78 is 10.6. The predicted molar refractivity (Wildman–Crippen MR) is 98.4 cm³/mol. The summed E-state index contributed by atoms with van der Waals surface area (Å²) in [6.45, 7) is 3.60. The lowest BCUT2D eigenvalue weighted by atomic mass is 9.96. The van der Waals surface area contributed by atoms with Crippen molar-refractivity contribution in [1.29, 1.82) is 0 Å². The van der Waals surface area contributed by atoms with Gasteiger partial charge < -0.3 is 19.2 Å². The van der Waals surface area contributed by atoms with E-state index in [1.165, 1.54) is 6.20 Å². The fourth-order valence-electron chi connectivity index (χ4n) is 3.43. The zero-order valence-electron chi connectivity index (χ0n) is 15.1. The van der Waals surface area contributed by atoms with Crippen LogP contribution in [0.25, 0.3) is 11.0 Å². The van der Waals surface area contributed by atoms with Crippen LogP contribution in [0.3, 0.4) is 0 Å². The number of carbonyl (C=O) groups excluding carboxylic acids is 2. The van der Waals surface area contributed by atoms with Crippen molar-refractivity contribution in [3.8, 4) is 0 Å². The molecule has 2 aromatic heterocycles. The zero-order chi connectivity index (χ0) is 18.8. The first-order valence-corrected chi connectivity index (χ1v) is 9.09. The van der Waals surface area contributed by atoms with Gasteiger partial charge in [-0.05, 0) is 37.8 Å². The molecule has 0 aliphatic carbocycles. The number of amides is 2. The molecule has 7 heteroatoms. The molecule has 1 saturated heterocycles. The monoisotopic (exact) mass is 367 g/mol. The van der Waals surface area contributed by atoms with Gasteiger partial charge >= 0.3 is 0 Å². The van der Waals surface area contributed by atoms with Crippen molar-refractivity contribution in [2.24, 2.45) is 5.92 Å². The Kier molecular flexibility index (Phi) is 4.66. The van der Waals surface area contributed by atoms with Crippen LogP contribution in [0.2, 0.25) is 0 Å². The topological polar surface area (TPSA) is 88.6 Å². The predicted octanol–water partition coefficient (Wildman–Crippen LogP) is 3.01. The Bertz CT molecular complexity index is 933. The molecule has 27 heavy (non-hydrogen) atoms. The van der Waals surface area contributed by atoms with Crippen molar-refractivity contribution in [2.45, 2.75) is 19.8 Å². The highest BCUT2D eigenvalue weighted by atomic mass is 16.5. The molecule has 1 aromatic carbocycles. The number of hydrogen-bond donors (Lipinski definition) is 1. The molecule has 3 aromatic rings. The Morgan fingerprint density at radius 2 is 2.04 bits per heavy atom. The summed E-state index contributed by atoms with van der Waals surface area (Å²) in [7, 11) is 0. The maximum atomic E-state index is 12.7. The summed E-state index contributed by atoms with van der Waals surface area (Å²) in [5, 5.41) is 7.48. The second-order valence-electron chi connectivity index (χ2n) is 6.89. The molecule has 4 rings (SSSR count). The normalized spacial score (nSPS) is 15.2. The van der Waals surface area contributed by atoms with E-state index in [9.17, 15) is 9.59 Å². The van der Waals surface area contributed by atoms with Gasteiger partial charge in [-0.15, -0.1) is 0 Å². The number of aryl methyl sites for hydroxylation is 1. The minimum absolute atomic E-state index is 0.0752. The number of nitrogens with zero attached hydrogens (tertiary/aromatic N) is 2.